The number of anilines is 1. The number of rotatable bonds is 5. The van der Waals surface area contributed by atoms with Gasteiger partial charge in [-0.2, -0.15) is 4.80 Å². The molecule has 1 aromatic heterocycles. The van der Waals surface area contributed by atoms with Crippen molar-refractivity contribution in [2.45, 2.75) is 6.92 Å². The topological polar surface area (TPSA) is 69.0 Å². The van der Waals surface area contributed by atoms with Gasteiger partial charge in [0.1, 0.15) is 16.8 Å². The third-order valence-electron chi connectivity index (χ3n) is 4.04. The predicted molar refractivity (Wildman–Crippen MR) is 104 cm³/mol. The van der Waals surface area contributed by atoms with Crippen molar-refractivity contribution in [3.05, 3.63) is 78.4 Å². The van der Waals surface area contributed by atoms with Crippen molar-refractivity contribution >= 4 is 22.6 Å². The Bertz CT molecular complexity index is 1070. The first-order chi connectivity index (χ1) is 13.2. The molecule has 1 N–H and O–H groups in total. The Hall–Kier alpha value is -3.67. The molecule has 0 saturated carbocycles. The Labute approximate surface area is 156 Å². The molecule has 27 heavy (non-hydrogen) atoms. The normalized spacial score (nSPS) is 10.7. The van der Waals surface area contributed by atoms with Crippen molar-refractivity contribution in [3.8, 4) is 11.4 Å². The van der Waals surface area contributed by atoms with Gasteiger partial charge in [0.25, 0.3) is 5.91 Å². The van der Waals surface area contributed by atoms with Crippen molar-refractivity contribution in [2.24, 2.45) is 0 Å². The summed E-state index contributed by atoms with van der Waals surface area (Å²) in [7, 11) is 0. The molecule has 0 aliphatic carbocycles. The number of hydrogen-bond donors (Lipinski definition) is 1. The quantitative estimate of drug-likeness (QED) is 0.590. The van der Waals surface area contributed by atoms with Crippen LogP contribution in [0.2, 0.25) is 0 Å². The van der Waals surface area contributed by atoms with Gasteiger partial charge in [0, 0.05) is 5.69 Å². The van der Waals surface area contributed by atoms with Crippen LogP contribution in [-0.2, 0) is 4.79 Å². The molecule has 1 heterocycles. The first kappa shape index (κ1) is 16.8. The van der Waals surface area contributed by atoms with E-state index in [1.54, 1.807) is 16.9 Å². The maximum absolute atomic E-state index is 12.1. The monoisotopic (exact) mass is 358 g/mol. The summed E-state index contributed by atoms with van der Waals surface area (Å²) in [5.74, 6) is 0.424. The summed E-state index contributed by atoms with van der Waals surface area (Å²) < 4.78 is 5.45. The predicted octanol–water partition coefficient (Wildman–Crippen LogP) is 3.75. The van der Waals surface area contributed by atoms with E-state index < -0.39 is 0 Å². The number of amides is 1. The highest BCUT2D eigenvalue weighted by Gasteiger charge is 2.08. The van der Waals surface area contributed by atoms with Gasteiger partial charge in [-0.1, -0.05) is 35.9 Å². The fourth-order valence-electron chi connectivity index (χ4n) is 2.65. The Kier molecular flexibility index (Phi) is 4.53. The van der Waals surface area contributed by atoms with Gasteiger partial charge in [-0.25, -0.2) is 0 Å². The smallest absolute Gasteiger partial charge is 0.262 e. The van der Waals surface area contributed by atoms with Gasteiger partial charge >= 0.3 is 0 Å². The molecule has 3 aromatic carbocycles. The minimum absolute atomic E-state index is 0.0574. The molecule has 0 fully saturated rings. The average Bonchev–Trinajstić information content (AvgIpc) is 3.11. The zero-order chi connectivity index (χ0) is 18.6. The lowest BCUT2D eigenvalue weighted by Crippen LogP contribution is -2.20. The second-order valence-electron chi connectivity index (χ2n) is 6.18. The number of nitrogens with zero attached hydrogens (tertiary/aromatic N) is 3. The fraction of sp³-hybridized carbons (Fsp3) is 0.0952. The zero-order valence-electron chi connectivity index (χ0n) is 14.8. The van der Waals surface area contributed by atoms with Gasteiger partial charge in [-0.05, 0) is 49.4 Å². The third kappa shape index (κ3) is 3.95. The van der Waals surface area contributed by atoms with Crippen LogP contribution < -0.4 is 10.1 Å². The minimum atomic E-state index is -0.232. The molecule has 6 nitrogen and oxygen atoms in total. The number of hydrogen-bond acceptors (Lipinski definition) is 4. The highest BCUT2D eigenvalue weighted by atomic mass is 16.5. The second-order valence-corrected chi connectivity index (χ2v) is 6.18. The van der Waals surface area contributed by atoms with E-state index in [1.807, 2.05) is 67.6 Å². The molecule has 0 unspecified atom stereocenters. The molecule has 1 amide bonds. The van der Waals surface area contributed by atoms with E-state index in [0.717, 1.165) is 11.2 Å². The average molecular weight is 358 g/mol. The highest BCUT2D eigenvalue weighted by molar-refractivity contribution is 5.93. The van der Waals surface area contributed by atoms with Crippen molar-refractivity contribution < 1.29 is 9.53 Å². The van der Waals surface area contributed by atoms with E-state index in [2.05, 4.69) is 15.5 Å². The number of aromatic nitrogens is 3. The fourth-order valence-corrected chi connectivity index (χ4v) is 2.65. The van der Waals surface area contributed by atoms with Crippen LogP contribution in [0.25, 0.3) is 16.7 Å². The van der Waals surface area contributed by atoms with E-state index in [9.17, 15) is 4.79 Å². The van der Waals surface area contributed by atoms with Gasteiger partial charge in [-0.3, -0.25) is 4.79 Å². The van der Waals surface area contributed by atoms with Gasteiger partial charge in [0.05, 0.1) is 5.69 Å². The molecule has 4 rings (SSSR count). The zero-order valence-corrected chi connectivity index (χ0v) is 14.8. The Balaban J connectivity index is 1.46. The van der Waals surface area contributed by atoms with Crippen LogP contribution >= 0.6 is 0 Å². The van der Waals surface area contributed by atoms with E-state index in [-0.39, 0.29) is 12.5 Å². The third-order valence-corrected chi connectivity index (χ3v) is 4.04. The number of aryl methyl sites for hydroxylation is 1. The molecule has 6 heteroatoms. The highest BCUT2D eigenvalue weighted by Crippen LogP contribution is 2.18. The van der Waals surface area contributed by atoms with Crippen LogP contribution in [0.4, 0.5) is 5.69 Å². The Morgan fingerprint density at radius 2 is 1.70 bits per heavy atom. The standard InChI is InChI=1S/C21H18N4O2/c1-15-7-10-17(11-8-15)25-23-19-12-9-16(13-20(19)24-25)22-21(26)14-27-18-5-3-2-4-6-18/h2-13H,14H2,1H3,(H,22,26). The lowest BCUT2D eigenvalue weighted by atomic mass is 10.2. The molecular formula is C21H18N4O2. The van der Waals surface area contributed by atoms with Crippen LogP contribution in [0.1, 0.15) is 5.56 Å². The van der Waals surface area contributed by atoms with Crippen molar-refractivity contribution in [2.75, 3.05) is 11.9 Å². The van der Waals surface area contributed by atoms with Gasteiger partial charge in [0.15, 0.2) is 6.61 Å². The number of nitrogens with one attached hydrogen (secondary N) is 1. The molecule has 0 atom stereocenters. The number of ether oxygens (including phenoxy) is 1. The minimum Gasteiger partial charge on any atom is -0.484 e. The number of fused-ring (bicyclic) bond motifs is 1. The maximum atomic E-state index is 12.1. The number of para-hydroxylation sites is 1. The molecule has 0 radical (unpaired) electrons. The maximum Gasteiger partial charge on any atom is 0.262 e. The number of carbonyl (C=O) groups is 1. The lowest BCUT2D eigenvalue weighted by molar-refractivity contribution is -0.118. The first-order valence-electron chi connectivity index (χ1n) is 8.59. The van der Waals surface area contributed by atoms with Crippen molar-refractivity contribution in [3.63, 3.8) is 0 Å². The van der Waals surface area contributed by atoms with E-state index in [4.69, 9.17) is 4.74 Å². The summed E-state index contributed by atoms with van der Waals surface area (Å²) in [6.45, 7) is 1.98. The molecule has 0 bridgehead atoms. The molecule has 0 aliphatic heterocycles. The van der Waals surface area contributed by atoms with Gasteiger partial charge in [0.2, 0.25) is 0 Å². The summed E-state index contributed by atoms with van der Waals surface area (Å²) in [5.41, 5.74) is 4.18. The molecule has 4 aromatic rings. The molecule has 0 saturated heterocycles. The molecular weight excluding hydrogens is 340 g/mol. The van der Waals surface area contributed by atoms with Crippen LogP contribution in [0.5, 0.6) is 5.75 Å². The summed E-state index contributed by atoms with van der Waals surface area (Å²) in [4.78, 5) is 13.7. The Morgan fingerprint density at radius 1 is 0.963 bits per heavy atom. The second kappa shape index (κ2) is 7.29. The summed E-state index contributed by atoms with van der Waals surface area (Å²) >= 11 is 0. The van der Waals surface area contributed by atoms with Crippen molar-refractivity contribution in [1.82, 2.24) is 15.0 Å². The lowest BCUT2D eigenvalue weighted by Gasteiger charge is -2.07. The van der Waals surface area contributed by atoms with Gasteiger partial charge in [-0.15, -0.1) is 10.2 Å². The molecule has 134 valence electrons. The molecule has 0 aliphatic rings. The van der Waals surface area contributed by atoms with E-state index in [0.29, 0.717) is 17.0 Å². The van der Waals surface area contributed by atoms with Crippen LogP contribution in [-0.4, -0.2) is 27.5 Å². The Morgan fingerprint density at radius 3 is 2.48 bits per heavy atom. The van der Waals surface area contributed by atoms with Gasteiger partial charge < -0.3 is 10.1 Å². The van der Waals surface area contributed by atoms with E-state index in [1.165, 1.54) is 5.56 Å². The molecule has 0 spiro atoms. The summed E-state index contributed by atoms with van der Waals surface area (Å²) in [6.07, 6.45) is 0. The number of benzene rings is 3. The number of carbonyl (C=O) groups excluding carboxylic acids is 1. The summed E-state index contributed by atoms with van der Waals surface area (Å²) in [5, 5.41) is 11.8. The van der Waals surface area contributed by atoms with Crippen molar-refractivity contribution in [1.29, 1.82) is 0 Å². The van der Waals surface area contributed by atoms with Crippen LogP contribution in [0, 0.1) is 6.92 Å². The van der Waals surface area contributed by atoms with E-state index >= 15 is 0 Å². The van der Waals surface area contributed by atoms with Crippen LogP contribution in [0.15, 0.2) is 72.8 Å². The van der Waals surface area contributed by atoms with Crippen LogP contribution in [0.3, 0.4) is 0 Å². The first-order valence-corrected chi connectivity index (χ1v) is 8.59. The largest absolute Gasteiger partial charge is 0.484 e. The SMILES string of the molecule is Cc1ccc(-n2nc3ccc(NC(=O)COc4ccccc4)cc3n2)cc1. The summed E-state index contributed by atoms with van der Waals surface area (Å²) in [6, 6.07) is 22.6.